The van der Waals surface area contributed by atoms with E-state index in [1.54, 1.807) is 6.92 Å². The maximum atomic E-state index is 12.3. The fourth-order valence-corrected chi connectivity index (χ4v) is 2.94. The van der Waals surface area contributed by atoms with Gasteiger partial charge in [-0.25, -0.2) is 8.42 Å². The van der Waals surface area contributed by atoms with Crippen molar-refractivity contribution in [3.05, 3.63) is 28.4 Å². The third-order valence-electron chi connectivity index (χ3n) is 2.69. The molecule has 0 unspecified atom stereocenters. The number of ether oxygens (including phenoxy) is 1. The lowest BCUT2D eigenvalue weighted by atomic mass is 10.4. The second-order valence-electron chi connectivity index (χ2n) is 3.93. The molecule has 0 saturated heterocycles. The Kier molecular flexibility index (Phi) is 5.73. The fourth-order valence-electron chi connectivity index (χ4n) is 1.55. The van der Waals surface area contributed by atoms with Gasteiger partial charge in [-0.15, -0.1) is 0 Å². The van der Waals surface area contributed by atoms with Gasteiger partial charge in [0.1, 0.15) is 4.90 Å². The molecule has 0 aliphatic carbocycles. The van der Waals surface area contributed by atoms with Crippen molar-refractivity contribution < 1.29 is 22.9 Å². The molecule has 0 bridgehead atoms. The highest BCUT2D eigenvalue weighted by Crippen LogP contribution is 2.17. The lowest BCUT2D eigenvalue weighted by Gasteiger charge is -2.19. The summed E-state index contributed by atoms with van der Waals surface area (Å²) in [4.78, 5) is 24.2. The lowest BCUT2D eigenvalue weighted by Crippen LogP contribution is -2.33. The second-order valence-corrected chi connectivity index (χ2v) is 5.87. The Hall–Kier alpha value is -2.07. The van der Waals surface area contributed by atoms with Gasteiger partial charge in [0.25, 0.3) is 0 Å². The van der Waals surface area contributed by atoms with Gasteiger partial charge >= 0.3 is 11.8 Å². The van der Waals surface area contributed by atoms with Crippen LogP contribution in [-0.4, -0.2) is 48.8 Å². The summed E-state index contributed by atoms with van der Waals surface area (Å²) in [7, 11) is -2.64. The van der Waals surface area contributed by atoms with Crippen molar-refractivity contribution in [2.45, 2.75) is 18.2 Å². The van der Waals surface area contributed by atoms with Crippen LogP contribution in [0.3, 0.4) is 0 Å². The zero-order valence-corrected chi connectivity index (χ0v) is 12.4. The van der Waals surface area contributed by atoms with Gasteiger partial charge in [0.2, 0.25) is 10.0 Å². The van der Waals surface area contributed by atoms with Crippen molar-refractivity contribution in [3.63, 3.8) is 0 Å². The lowest BCUT2D eigenvalue weighted by molar-refractivity contribution is -0.389. The highest BCUT2D eigenvalue weighted by atomic mass is 32.2. The summed E-state index contributed by atoms with van der Waals surface area (Å²) < 4.78 is 30.2. The number of pyridine rings is 1. The summed E-state index contributed by atoms with van der Waals surface area (Å²) in [5, 5.41) is 10.5. The largest absolute Gasteiger partial charge is 0.469 e. The predicted octanol–water partition coefficient (Wildman–Crippen LogP) is 0.563. The van der Waals surface area contributed by atoms with E-state index >= 15 is 0 Å². The molecule has 0 aromatic carbocycles. The van der Waals surface area contributed by atoms with E-state index in [0.717, 1.165) is 22.6 Å². The van der Waals surface area contributed by atoms with Crippen molar-refractivity contribution in [2.75, 3.05) is 20.2 Å². The van der Waals surface area contributed by atoms with Crippen LogP contribution in [0.15, 0.2) is 23.2 Å². The molecule has 10 heteroatoms. The zero-order chi connectivity index (χ0) is 16.0. The smallest absolute Gasteiger partial charge is 0.363 e. The van der Waals surface area contributed by atoms with Crippen LogP contribution in [-0.2, 0) is 19.6 Å². The molecule has 116 valence electrons. The highest BCUT2D eigenvalue weighted by Gasteiger charge is 2.25. The number of nitro groups is 1. The van der Waals surface area contributed by atoms with E-state index in [2.05, 4.69) is 9.72 Å². The Morgan fingerprint density at radius 1 is 1.48 bits per heavy atom. The summed E-state index contributed by atoms with van der Waals surface area (Å²) in [6.45, 7) is 1.73. The number of rotatable bonds is 7. The molecule has 0 amide bonds. The quantitative estimate of drug-likeness (QED) is 0.409. The van der Waals surface area contributed by atoms with Gasteiger partial charge in [0.05, 0.1) is 13.5 Å². The van der Waals surface area contributed by atoms with Crippen molar-refractivity contribution in [1.82, 2.24) is 9.29 Å². The minimum atomic E-state index is -3.86. The van der Waals surface area contributed by atoms with Crippen LogP contribution < -0.4 is 0 Å². The predicted molar refractivity (Wildman–Crippen MR) is 72.0 cm³/mol. The summed E-state index contributed by atoms with van der Waals surface area (Å²) in [5.41, 5.74) is 0. The summed E-state index contributed by atoms with van der Waals surface area (Å²) in [6.07, 6.45) is 0.845. The van der Waals surface area contributed by atoms with Crippen LogP contribution >= 0.6 is 0 Å². The van der Waals surface area contributed by atoms with Crippen molar-refractivity contribution in [2.24, 2.45) is 0 Å². The summed E-state index contributed by atoms with van der Waals surface area (Å²) in [5.74, 6) is -0.961. The normalized spacial score (nSPS) is 11.4. The molecule has 0 aliphatic heterocycles. The highest BCUT2D eigenvalue weighted by molar-refractivity contribution is 7.89. The van der Waals surface area contributed by atoms with Gasteiger partial charge < -0.3 is 14.9 Å². The standard InChI is InChI=1S/C11H15N3O6S/c1-3-13(7-6-11(15)20-2)21(18,19)9-4-5-10(12-8-9)14(16)17/h4-5,8H,3,6-7H2,1-2H3. The van der Waals surface area contributed by atoms with Crippen molar-refractivity contribution in [3.8, 4) is 0 Å². The van der Waals surface area contributed by atoms with E-state index in [-0.39, 0.29) is 24.4 Å². The monoisotopic (exact) mass is 317 g/mol. The Morgan fingerprint density at radius 2 is 2.14 bits per heavy atom. The molecule has 1 rings (SSSR count). The summed E-state index contributed by atoms with van der Waals surface area (Å²) in [6, 6.07) is 2.13. The van der Waals surface area contributed by atoms with E-state index in [9.17, 15) is 23.3 Å². The first kappa shape index (κ1) is 17.0. The van der Waals surface area contributed by atoms with Gasteiger partial charge in [0.15, 0.2) is 6.20 Å². The van der Waals surface area contributed by atoms with Crippen LogP contribution in [0.5, 0.6) is 0 Å². The topological polar surface area (TPSA) is 120 Å². The molecule has 1 aromatic heterocycles. The van der Waals surface area contributed by atoms with Gasteiger partial charge in [-0.1, -0.05) is 6.92 Å². The van der Waals surface area contributed by atoms with E-state index in [1.807, 2.05) is 0 Å². The summed E-state index contributed by atoms with van der Waals surface area (Å²) >= 11 is 0. The second kappa shape index (κ2) is 7.09. The van der Waals surface area contributed by atoms with E-state index < -0.39 is 26.7 Å². The number of sulfonamides is 1. The number of nitrogens with zero attached hydrogens (tertiary/aromatic N) is 3. The Labute approximate surface area is 121 Å². The molecule has 0 radical (unpaired) electrons. The maximum absolute atomic E-state index is 12.3. The third-order valence-corrected chi connectivity index (χ3v) is 4.65. The average Bonchev–Trinajstić information content (AvgIpc) is 2.47. The molecule has 9 nitrogen and oxygen atoms in total. The number of aromatic nitrogens is 1. The molecule has 0 spiro atoms. The fraction of sp³-hybridized carbons (Fsp3) is 0.455. The molecule has 0 aliphatic rings. The minimum absolute atomic E-state index is 0.0392. The molecule has 0 fully saturated rings. The van der Waals surface area contributed by atoms with E-state index in [0.29, 0.717) is 0 Å². The average molecular weight is 317 g/mol. The van der Waals surface area contributed by atoms with Crippen LogP contribution in [0.25, 0.3) is 0 Å². The first-order valence-corrected chi connectivity index (χ1v) is 7.44. The van der Waals surface area contributed by atoms with E-state index in [4.69, 9.17) is 0 Å². The van der Waals surface area contributed by atoms with Crippen LogP contribution in [0.1, 0.15) is 13.3 Å². The molecule has 0 saturated carbocycles. The molecule has 1 heterocycles. The first-order valence-electron chi connectivity index (χ1n) is 6.00. The minimum Gasteiger partial charge on any atom is -0.469 e. The first-order chi connectivity index (χ1) is 9.82. The molecule has 21 heavy (non-hydrogen) atoms. The number of esters is 1. The van der Waals surface area contributed by atoms with Gasteiger partial charge in [-0.3, -0.25) is 4.79 Å². The van der Waals surface area contributed by atoms with Crippen LogP contribution in [0.4, 0.5) is 5.82 Å². The molecule has 0 atom stereocenters. The number of hydrogen-bond acceptors (Lipinski definition) is 7. The Morgan fingerprint density at radius 3 is 2.57 bits per heavy atom. The van der Waals surface area contributed by atoms with Crippen LogP contribution in [0.2, 0.25) is 0 Å². The third kappa shape index (κ3) is 4.20. The van der Waals surface area contributed by atoms with Gasteiger partial charge in [-0.05, 0) is 16.0 Å². The molecule has 1 aromatic rings. The maximum Gasteiger partial charge on any atom is 0.363 e. The Balaban J connectivity index is 2.95. The Bertz CT molecular complexity index is 613. The number of methoxy groups -OCH3 is 1. The van der Waals surface area contributed by atoms with Crippen molar-refractivity contribution >= 4 is 21.8 Å². The molecular formula is C11H15N3O6S. The van der Waals surface area contributed by atoms with Gasteiger partial charge in [0, 0.05) is 19.2 Å². The number of carbonyl (C=O) groups is 1. The van der Waals surface area contributed by atoms with Gasteiger partial charge in [-0.2, -0.15) is 4.31 Å². The molecular weight excluding hydrogens is 302 g/mol. The molecule has 0 N–H and O–H groups in total. The van der Waals surface area contributed by atoms with Crippen molar-refractivity contribution in [1.29, 1.82) is 0 Å². The number of hydrogen-bond donors (Lipinski definition) is 0. The zero-order valence-electron chi connectivity index (χ0n) is 11.6. The van der Waals surface area contributed by atoms with Crippen LogP contribution in [0, 0.1) is 10.1 Å². The van der Waals surface area contributed by atoms with E-state index in [1.165, 1.54) is 7.11 Å². The SMILES string of the molecule is CCN(CCC(=O)OC)S(=O)(=O)c1ccc([N+](=O)[O-])nc1. The number of carbonyl (C=O) groups excluding carboxylic acids is 1.